The Balaban J connectivity index is 1.61. The van der Waals surface area contributed by atoms with Crippen LogP contribution in [-0.2, 0) is 9.53 Å². The third kappa shape index (κ3) is 4.09. The molecule has 1 aromatic rings. The number of hydrogen-bond acceptors (Lipinski definition) is 5. The van der Waals surface area contributed by atoms with E-state index in [0.717, 1.165) is 0 Å². The van der Waals surface area contributed by atoms with Gasteiger partial charge in [-0.1, -0.05) is 12.1 Å². The third-order valence-electron chi connectivity index (χ3n) is 4.47. The monoisotopic (exact) mass is 344 g/mol. The number of benzene rings is 1. The quantitative estimate of drug-likeness (QED) is 0.609. The standard InChI is InChI=1S/C18H21FN4O2/c19-16-3-1-2-4-17(16)22-7-5-21(6-8-22)14-15(13-20)18(24)23-9-11-25-12-10-23/h1-4,14H,5-12H2/b15-14-. The van der Waals surface area contributed by atoms with Crippen LogP contribution in [0.5, 0.6) is 0 Å². The zero-order chi connectivity index (χ0) is 17.6. The summed E-state index contributed by atoms with van der Waals surface area (Å²) in [5.74, 6) is -0.478. The second-order valence-electron chi connectivity index (χ2n) is 6.03. The Morgan fingerprint density at radius 3 is 2.44 bits per heavy atom. The van der Waals surface area contributed by atoms with E-state index in [0.29, 0.717) is 58.2 Å². The highest BCUT2D eigenvalue weighted by Crippen LogP contribution is 2.20. The van der Waals surface area contributed by atoms with Gasteiger partial charge in [0.05, 0.1) is 18.9 Å². The van der Waals surface area contributed by atoms with E-state index in [1.54, 1.807) is 23.2 Å². The first kappa shape index (κ1) is 17.2. The van der Waals surface area contributed by atoms with Gasteiger partial charge >= 0.3 is 0 Å². The van der Waals surface area contributed by atoms with E-state index in [1.807, 2.05) is 21.9 Å². The van der Waals surface area contributed by atoms with Crippen molar-refractivity contribution >= 4 is 11.6 Å². The molecule has 0 spiro atoms. The minimum absolute atomic E-state index is 0.140. The Morgan fingerprint density at radius 2 is 1.80 bits per heavy atom. The van der Waals surface area contributed by atoms with Gasteiger partial charge in [-0.25, -0.2) is 4.39 Å². The molecule has 132 valence electrons. The highest BCUT2D eigenvalue weighted by molar-refractivity contribution is 5.97. The summed E-state index contributed by atoms with van der Waals surface area (Å²) >= 11 is 0. The van der Waals surface area contributed by atoms with Crippen molar-refractivity contribution in [2.24, 2.45) is 0 Å². The van der Waals surface area contributed by atoms with E-state index in [9.17, 15) is 14.4 Å². The predicted octanol–water partition coefficient (Wildman–Crippen LogP) is 1.21. The van der Waals surface area contributed by atoms with Gasteiger partial charge in [0.15, 0.2) is 0 Å². The minimum Gasteiger partial charge on any atom is -0.378 e. The lowest BCUT2D eigenvalue weighted by atomic mass is 10.2. The maximum Gasteiger partial charge on any atom is 0.266 e. The average Bonchev–Trinajstić information content (AvgIpc) is 2.67. The average molecular weight is 344 g/mol. The molecule has 6 nitrogen and oxygen atoms in total. The second-order valence-corrected chi connectivity index (χ2v) is 6.03. The Labute approximate surface area is 146 Å². The molecule has 0 unspecified atom stereocenters. The van der Waals surface area contributed by atoms with Gasteiger partial charge in [0.25, 0.3) is 5.91 Å². The molecule has 0 atom stereocenters. The van der Waals surface area contributed by atoms with E-state index < -0.39 is 0 Å². The van der Waals surface area contributed by atoms with Crippen LogP contribution in [0.3, 0.4) is 0 Å². The van der Waals surface area contributed by atoms with Crippen LogP contribution in [0, 0.1) is 17.1 Å². The van der Waals surface area contributed by atoms with Gasteiger partial charge < -0.3 is 19.4 Å². The van der Waals surface area contributed by atoms with Crippen LogP contribution in [0.2, 0.25) is 0 Å². The smallest absolute Gasteiger partial charge is 0.266 e. The summed E-state index contributed by atoms with van der Waals surface area (Å²) in [6.45, 7) is 4.59. The fraction of sp³-hybridized carbons (Fsp3) is 0.444. The summed E-state index contributed by atoms with van der Waals surface area (Å²) in [7, 11) is 0. The number of morpholine rings is 1. The van der Waals surface area contributed by atoms with Crippen molar-refractivity contribution in [2.75, 3.05) is 57.4 Å². The first-order valence-electron chi connectivity index (χ1n) is 8.41. The number of nitriles is 1. The van der Waals surface area contributed by atoms with Crippen LogP contribution < -0.4 is 4.90 Å². The number of nitrogens with zero attached hydrogens (tertiary/aromatic N) is 4. The van der Waals surface area contributed by atoms with Crippen LogP contribution in [-0.4, -0.2) is 68.2 Å². The molecular weight excluding hydrogens is 323 g/mol. The molecule has 2 heterocycles. The molecule has 1 aromatic carbocycles. The van der Waals surface area contributed by atoms with Gasteiger partial charge in [0.2, 0.25) is 0 Å². The Morgan fingerprint density at radius 1 is 1.12 bits per heavy atom. The van der Waals surface area contributed by atoms with Crippen molar-refractivity contribution in [3.63, 3.8) is 0 Å². The van der Waals surface area contributed by atoms with Crippen molar-refractivity contribution in [1.82, 2.24) is 9.80 Å². The zero-order valence-electron chi connectivity index (χ0n) is 14.0. The molecule has 3 rings (SSSR count). The van der Waals surface area contributed by atoms with Crippen molar-refractivity contribution in [3.8, 4) is 6.07 Å². The first-order valence-corrected chi connectivity index (χ1v) is 8.41. The minimum atomic E-state index is -0.248. The molecule has 0 saturated carbocycles. The van der Waals surface area contributed by atoms with Gasteiger partial charge in [0, 0.05) is 45.5 Å². The van der Waals surface area contributed by atoms with Gasteiger partial charge in [-0.2, -0.15) is 5.26 Å². The van der Waals surface area contributed by atoms with Gasteiger partial charge in [-0.15, -0.1) is 0 Å². The molecule has 0 aliphatic carbocycles. The second kappa shape index (κ2) is 7.99. The summed E-state index contributed by atoms with van der Waals surface area (Å²) in [4.78, 5) is 18.0. The van der Waals surface area contributed by atoms with Crippen LogP contribution in [0.25, 0.3) is 0 Å². The summed E-state index contributed by atoms with van der Waals surface area (Å²) in [6, 6.07) is 8.73. The predicted molar refractivity (Wildman–Crippen MR) is 91.3 cm³/mol. The summed E-state index contributed by atoms with van der Waals surface area (Å²) in [6.07, 6.45) is 1.64. The molecule has 0 radical (unpaired) electrons. The summed E-state index contributed by atoms with van der Waals surface area (Å²) in [5, 5.41) is 9.34. The summed E-state index contributed by atoms with van der Waals surface area (Å²) < 4.78 is 19.1. The Kier molecular flexibility index (Phi) is 5.51. The molecule has 7 heteroatoms. The van der Waals surface area contributed by atoms with Crippen LogP contribution in [0.1, 0.15) is 0 Å². The number of carbonyl (C=O) groups excluding carboxylic acids is 1. The number of piperazine rings is 1. The van der Waals surface area contributed by atoms with E-state index in [4.69, 9.17) is 4.74 Å². The lowest BCUT2D eigenvalue weighted by Crippen LogP contribution is -2.45. The number of carbonyl (C=O) groups is 1. The molecule has 2 aliphatic heterocycles. The van der Waals surface area contributed by atoms with Crippen molar-refractivity contribution in [1.29, 1.82) is 5.26 Å². The van der Waals surface area contributed by atoms with E-state index >= 15 is 0 Å². The lowest BCUT2D eigenvalue weighted by Gasteiger charge is -2.36. The van der Waals surface area contributed by atoms with Crippen LogP contribution in [0.4, 0.5) is 10.1 Å². The number of hydrogen-bond donors (Lipinski definition) is 0. The Hall–Kier alpha value is -2.59. The highest BCUT2D eigenvalue weighted by atomic mass is 19.1. The van der Waals surface area contributed by atoms with Gasteiger partial charge in [-0.05, 0) is 12.1 Å². The highest BCUT2D eigenvalue weighted by Gasteiger charge is 2.23. The topological polar surface area (TPSA) is 59.8 Å². The fourth-order valence-corrected chi connectivity index (χ4v) is 3.05. The SMILES string of the molecule is N#C/C(=C/N1CCN(c2ccccc2F)CC1)C(=O)N1CCOCC1. The molecule has 0 aromatic heterocycles. The molecular formula is C18H21FN4O2. The maximum absolute atomic E-state index is 13.9. The number of halogens is 1. The molecule has 0 N–H and O–H groups in total. The largest absolute Gasteiger partial charge is 0.378 e. The van der Waals surface area contributed by atoms with E-state index in [1.165, 1.54) is 6.07 Å². The number of rotatable bonds is 3. The van der Waals surface area contributed by atoms with Crippen molar-refractivity contribution in [3.05, 3.63) is 41.9 Å². The van der Waals surface area contributed by atoms with Crippen molar-refractivity contribution < 1.29 is 13.9 Å². The molecule has 25 heavy (non-hydrogen) atoms. The zero-order valence-corrected chi connectivity index (χ0v) is 14.0. The fourth-order valence-electron chi connectivity index (χ4n) is 3.05. The van der Waals surface area contributed by atoms with Crippen LogP contribution >= 0.6 is 0 Å². The number of amides is 1. The third-order valence-corrected chi connectivity index (χ3v) is 4.47. The first-order chi connectivity index (χ1) is 12.2. The van der Waals surface area contributed by atoms with Crippen molar-refractivity contribution in [2.45, 2.75) is 0 Å². The molecule has 2 saturated heterocycles. The Bertz CT molecular complexity index is 687. The van der Waals surface area contributed by atoms with E-state index in [2.05, 4.69) is 0 Å². The molecule has 2 fully saturated rings. The molecule has 0 bridgehead atoms. The van der Waals surface area contributed by atoms with Crippen LogP contribution in [0.15, 0.2) is 36.0 Å². The number of ether oxygens (including phenoxy) is 1. The molecule has 2 aliphatic rings. The maximum atomic E-state index is 13.9. The number of para-hydroxylation sites is 1. The number of anilines is 1. The summed E-state index contributed by atoms with van der Waals surface area (Å²) in [5.41, 5.74) is 0.734. The van der Waals surface area contributed by atoms with Gasteiger partial charge in [0.1, 0.15) is 17.5 Å². The van der Waals surface area contributed by atoms with Gasteiger partial charge in [-0.3, -0.25) is 4.79 Å². The normalized spacial score (nSPS) is 18.9. The lowest BCUT2D eigenvalue weighted by molar-refractivity contribution is -0.130. The van der Waals surface area contributed by atoms with E-state index in [-0.39, 0.29) is 17.3 Å². The molecule has 1 amide bonds.